The molecular weight excluding hydrogens is 284 g/mol. The molecule has 1 aromatic rings. The Labute approximate surface area is 129 Å². The van der Waals surface area contributed by atoms with Gasteiger partial charge < -0.3 is 10.0 Å². The molecule has 5 heteroatoms. The summed E-state index contributed by atoms with van der Waals surface area (Å²) in [5.74, 6) is 5.61. The first-order valence-corrected chi connectivity index (χ1v) is 8.38. The molecule has 4 nitrogen and oxygen atoms in total. The summed E-state index contributed by atoms with van der Waals surface area (Å²) < 4.78 is 0. The molecular formula is C16H20N2O2S. The summed E-state index contributed by atoms with van der Waals surface area (Å²) in [6.45, 7) is 3.78. The quantitative estimate of drug-likeness (QED) is 0.798. The maximum atomic E-state index is 12.8. The van der Waals surface area contributed by atoms with Gasteiger partial charge in [-0.15, -0.1) is 11.3 Å². The summed E-state index contributed by atoms with van der Waals surface area (Å²) in [5.41, 5.74) is 0.742. The van der Waals surface area contributed by atoms with Crippen LogP contribution >= 0.6 is 11.3 Å². The Morgan fingerprint density at radius 2 is 2.24 bits per heavy atom. The van der Waals surface area contributed by atoms with E-state index >= 15 is 0 Å². The van der Waals surface area contributed by atoms with Crippen molar-refractivity contribution in [1.29, 1.82) is 0 Å². The number of hydrogen-bond donors (Lipinski definition) is 1. The first-order chi connectivity index (χ1) is 10.3. The standard InChI is InChI=1S/C16H20N2O2S/c19-10-2-4-13-6-11-21-15(13)16(20)18-9-3-8-17-7-1-5-14(17)12-18/h6,11,14,19H,1,3,5,7-10,12H2. The summed E-state index contributed by atoms with van der Waals surface area (Å²) >= 11 is 1.44. The Bertz CT molecular complexity index is 572. The predicted molar refractivity (Wildman–Crippen MR) is 83.4 cm³/mol. The van der Waals surface area contributed by atoms with Crippen LogP contribution < -0.4 is 0 Å². The van der Waals surface area contributed by atoms with Crippen LogP contribution in [0.25, 0.3) is 0 Å². The predicted octanol–water partition coefficient (Wildman–Crippen LogP) is 1.40. The normalized spacial score (nSPS) is 22.3. The van der Waals surface area contributed by atoms with Crippen LogP contribution in [0, 0.1) is 11.8 Å². The van der Waals surface area contributed by atoms with Gasteiger partial charge in [-0.2, -0.15) is 0 Å². The molecule has 0 spiro atoms. The minimum absolute atomic E-state index is 0.0981. The Kier molecular flexibility index (Phi) is 4.59. The van der Waals surface area contributed by atoms with E-state index in [4.69, 9.17) is 5.11 Å². The van der Waals surface area contributed by atoms with Gasteiger partial charge in [0.1, 0.15) is 11.5 Å². The molecule has 1 amide bonds. The molecule has 0 saturated carbocycles. The highest BCUT2D eigenvalue weighted by molar-refractivity contribution is 7.12. The number of aliphatic hydroxyl groups excluding tert-OH is 1. The van der Waals surface area contributed by atoms with E-state index in [1.165, 1.54) is 30.7 Å². The van der Waals surface area contributed by atoms with Gasteiger partial charge in [-0.05, 0) is 37.3 Å². The van der Waals surface area contributed by atoms with Crippen molar-refractivity contribution in [1.82, 2.24) is 9.80 Å². The average molecular weight is 304 g/mol. The van der Waals surface area contributed by atoms with Crippen molar-refractivity contribution in [3.63, 3.8) is 0 Å². The molecule has 1 aromatic heterocycles. The third kappa shape index (κ3) is 3.13. The molecule has 0 radical (unpaired) electrons. The third-order valence-corrected chi connectivity index (χ3v) is 5.15. The zero-order valence-corrected chi connectivity index (χ0v) is 12.9. The molecule has 21 heavy (non-hydrogen) atoms. The summed E-state index contributed by atoms with van der Waals surface area (Å²) in [6.07, 6.45) is 3.50. The van der Waals surface area contributed by atoms with Crippen LogP contribution in [0.1, 0.15) is 34.5 Å². The molecule has 0 aromatic carbocycles. The van der Waals surface area contributed by atoms with E-state index in [2.05, 4.69) is 16.7 Å². The number of rotatable bonds is 1. The number of carbonyl (C=O) groups excluding carboxylic acids is 1. The molecule has 1 atom stereocenters. The van der Waals surface area contributed by atoms with Crippen LogP contribution in [0.3, 0.4) is 0 Å². The molecule has 3 heterocycles. The van der Waals surface area contributed by atoms with Crippen molar-refractivity contribution in [2.75, 3.05) is 32.8 Å². The van der Waals surface area contributed by atoms with Gasteiger partial charge in [-0.3, -0.25) is 9.69 Å². The van der Waals surface area contributed by atoms with Crippen LogP contribution in [0.2, 0.25) is 0 Å². The fourth-order valence-corrected chi connectivity index (χ4v) is 4.06. The second kappa shape index (κ2) is 6.61. The lowest BCUT2D eigenvalue weighted by Gasteiger charge is -2.25. The van der Waals surface area contributed by atoms with Crippen molar-refractivity contribution in [3.8, 4) is 11.8 Å². The van der Waals surface area contributed by atoms with Crippen molar-refractivity contribution in [2.24, 2.45) is 0 Å². The fourth-order valence-electron chi connectivity index (χ4n) is 3.24. The number of amides is 1. The molecule has 0 bridgehead atoms. The minimum Gasteiger partial charge on any atom is -0.384 e. The van der Waals surface area contributed by atoms with Crippen LogP contribution in [0.15, 0.2) is 11.4 Å². The Morgan fingerprint density at radius 3 is 3.10 bits per heavy atom. The number of nitrogens with zero attached hydrogens (tertiary/aromatic N) is 2. The van der Waals surface area contributed by atoms with Gasteiger partial charge in [0.2, 0.25) is 0 Å². The van der Waals surface area contributed by atoms with Gasteiger partial charge in [0.15, 0.2) is 0 Å². The molecule has 1 N–H and O–H groups in total. The highest BCUT2D eigenvalue weighted by Crippen LogP contribution is 2.24. The van der Waals surface area contributed by atoms with Crippen LogP contribution in [-0.2, 0) is 0 Å². The van der Waals surface area contributed by atoms with Crippen molar-refractivity contribution < 1.29 is 9.90 Å². The minimum atomic E-state index is -0.176. The van der Waals surface area contributed by atoms with Gasteiger partial charge in [0.05, 0.1) is 0 Å². The average Bonchev–Trinajstić information content (AvgIpc) is 3.09. The highest BCUT2D eigenvalue weighted by atomic mass is 32.1. The second-order valence-corrected chi connectivity index (χ2v) is 6.48. The number of hydrogen-bond acceptors (Lipinski definition) is 4. The second-order valence-electron chi connectivity index (χ2n) is 5.56. The topological polar surface area (TPSA) is 43.8 Å². The van der Waals surface area contributed by atoms with Gasteiger partial charge in [-0.25, -0.2) is 0 Å². The van der Waals surface area contributed by atoms with E-state index in [1.54, 1.807) is 0 Å². The summed E-state index contributed by atoms with van der Waals surface area (Å²) in [6, 6.07) is 2.39. The lowest BCUT2D eigenvalue weighted by atomic mass is 10.2. The molecule has 112 valence electrons. The Morgan fingerprint density at radius 1 is 1.38 bits per heavy atom. The molecule has 1 unspecified atom stereocenters. The van der Waals surface area contributed by atoms with Crippen LogP contribution in [-0.4, -0.2) is 59.6 Å². The molecule has 3 rings (SSSR count). The van der Waals surface area contributed by atoms with Crippen molar-refractivity contribution in [2.45, 2.75) is 25.3 Å². The van der Waals surface area contributed by atoms with Gasteiger partial charge in [-0.1, -0.05) is 11.8 Å². The Hall–Kier alpha value is -1.35. The largest absolute Gasteiger partial charge is 0.384 e. The van der Waals surface area contributed by atoms with Crippen molar-refractivity contribution >= 4 is 17.2 Å². The van der Waals surface area contributed by atoms with E-state index in [-0.39, 0.29) is 12.5 Å². The van der Waals surface area contributed by atoms with E-state index in [1.807, 2.05) is 16.3 Å². The fraction of sp³-hybridized carbons (Fsp3) is 0.562. The molecule has 2 fully saturated rings. The summed E-state index contributed by atoms with van der Waals surface area (Å²) in [4.78, 5) is 18.0. The van der Waals surface area contributed by atoms with Gasteiger partial charge in [0, 0.05) is 31.2 Å². The smallest absolute Gasteiger partial charge is 0.265 e. The monoisotopic (exact) mass is 304 g/mol. The lowest BCUT2D eigenvalue weighted by Crippen LogP contribution is -2.39. The SMILES string of the molecule is O=C(c1sccc1C#CCO)N1CCCN2CCCC2C1. The zero-order chi connectivity index (χ0) is 14.7. The Balaban J connectivity index is 1.76. The van der Waals surface area contributed by atoms with E-state index in [9.17, 15) is 4.79 Å². The highest BCUT2D eigenvalue weighted by Gasteiger charge is 2.31. The summed E-state index contributed by atoms with van der Waals surface area (Å²) in [5, 5.41) is 10.7. The van der Waals surface area contributed by atoms with Crippen LogP contribution in [0.4, 0.5) is 0 Å². The van der Waals surface area contributed by atoms with E-state index < -0.39 is 0 Å². The number of thiophene rings is 1. The maximum absolute atomic E-state index is 12.8. The molecule has 2 saturated heterocycles. The zero-order valence-electron chi connectivity index (χ0n) is 12.0. The molecule has 2 aliphatic heterocycles. The first kappa shape index (κ1) is 14.6. The van der Waals surface area contributed by atoms with E-state index in [0.29, 0.717) is 10.9 Å². The van der Waals surface area contributed by atoms with Crippen molar-refractivity contribution in [3.05, 3.63) is 21.9 Å². The van der Waals surface area contributed by atoms with Gasteiger partial charge >= 0.3 is 0 Å². The first-order valence-electron chi connectivity index (χ1n) is 7.50. The van der Waals surface area contributed by atoms with Gasteiger partial charge in [0.25, 0.3) is 5.91 Å². The van der Waals surface area contributed by atoms with Crippen LogP contribution in [0.5, 0.6) is 0 Å². The summed E-state index contributed by atoms with van der Waals surface area (Å²) in [7, 11) is 0. The number of aliphatic hydroxyl groups is 1. The van der Waals surface area contributed by atoms with E-state index in [0.717, 1.165) is 31.6 Å². The lowest BCUT2D eigenvalue weighted by molar-refractivity contribution is 0.0748. The number of carbonyl (C=O) groups is 1. The molecule has 2 aliphatic rings. The third-order valence-electron chi connectivity index (χ3n) is 4.25. The number of fused-ring (bicyclic) bond motifs is 1. The molecule has 0 aliphatic carbocycles. The maximum Gasteiger partial charge on any atom is 0.265 e.